The number of amidine groups is 1. The summed E-state index contributed by atoms with van der Waals surface area (Å²) in [5.74, 6) is 1.20. The second kappa shape index (κ2) is 8.34. The molecule has 0 unspecified atom stereocenters. The molecule has 1 heterocycles. The van der Waals surface area contributed by atoms with Crippen LogP contribution in [0, 0.1) is 0 Å². The summed E-state index contributed by atoms with van der Waals surface area (Å²) in [6, 6.07) is 19.7. The summed E-state index contributed by atoms with van der Waals surface area (Å²) in [5.41, 5.74) is 7.98. The minimum Gasteiger partial charge on any atom is -0.383 e. The highest BCUT2D eigenvalue weighted by molar-refractivity contribution is 6.05. The van der Waals surface area contributed by atoms with Crippen LogP contribution in [0.15, 0.2) is 70.6 Å². The van der Waals surface area contributed by atoms with Gasteiger partial charge in [0, 0.05) is 18.7 Å². The first kappa shape index (κ1) is 17.0. The largest absolute Gasteiger partial charge is 0.383 e. The fourth-order valence-corrected chi connectivity index (χ4v) is 2.48. The van der Waals surface area contributed by atoms with Crippen LogP contribution < -0.4 is 5.73 Å². The van der Waals surface area contributed by atoms with E-state index in [1.165, 1.54) is 12.8 Å². The quantitative estimate of drug-likeness (QED) is 0.676. The van der Waals surface area contributed by atoms with Gasteiger partial charge in [-0.1, -0.05) is 48.5 Å². The maximum Gasteiger partial charge on any atom is 0.227 e. The molecule has 0 atom stereocenters. The van der Waals surface area contributed by atoms with E-state index >= 15 is 0 Å². The summed E-state index contributed by atoms with van der Waals surface area (Å²) < 4.78 is 0. The van der Waals surface area contributed by atoms with Crippen LogP contribution in [0.3, 0.4) is 0 Å². The van der Waals surface area contributed by atoms with E-state index in [1.807, 2.05) is 60.7 Å². The van der Waals surface area contributed by atoms with Gasteiger partial charge in [0.15, 0.2) is 0 Å². The van der Waals surface area contributed by atoms with Gasteiger partial charge in [0.05, 0.1) is 5.69 Å². The topological polar surface area (TPSA) is 54.0 Å². The lowest BCUT2D eigenvalue weighted by Gasteiger charge is -2.17. The number of hydrogen-bond donors (Lipinski definition) is 1. The van der Waals surface area contributed by atoms with E-state index in [1.54, 1.807) is 0 Å². The van der Waals surface area contributed by atoms with Crippen molar-refractivity contribution in [3.05, 3.63) is 66.2 Å². The molecule has 5 heteroatoms. The van der Waals surface area contributed by atoms with Crippen LogP contribution >= 0.6 is 12.4 Å². The fraction of sp³-hybridized carbons (Fsp3) is 0.222. The Kier molecular flexibility index (Phi) is 6.18. The van der Waals surface area contributed by atoms with E-state index in [0.717, 1.165) is 24.3 Å². The summed E-state index contributed by atoms with van der Waals surface area (Å²) in [6.07, 6.45) is 2.35. The van der Waals surface area contributed by atoms with Crippen LogP contribution in [0.1, 0.15) is 18.4 Å². The van der Waals surface area contributed by atoms with Crippen LogP contribution in [0.25, 0.3) is 0 Å². The number of halogens is 1. The molecule has 0 amide bonds. The zero-order valence-corrected chi connectivity index (χ0v) is 13.7. The normalized spacial score (nSPS) is 15.4. The van der Waals surface area contributed by atoms with Crippen LogP contribution in [0.5, 0.6) is 0 Å². The van der Waals surface area contributed by atoms with Crippen molar-refractivity contribution in [1.82, 2.24) is 4.90 Å². The highest BCUT2D eigenvalue weighted by Gasteiger charge is 2.16. The third kappa shape index (κ3) is 4.57. The van der Waals surface area contributed by atoms with Crippen molar-refractivity contribution in [3.8, 4) is 0 Å². The smallest absolute Gasteiger partial charge is 0.227 e. The standard InChI is InChI=1S/C18H20N4.ClH/c19-17(15-9-3-1-4-10-15)21-18(22-13-7-8-14-22)20-16-11-5-2-6-12-16;/h1-6,9-12H,7-8,13-14H2,(H2,19,20,21);1H. The van der Waals surface area contributed by atoms with Crippen molar-refractivity contribution in [1.29, 1.82) is 0 Å². The van der Waals surface area contributed by atoms with Gasteiger partial charge in [-0.05, 0) is 25.0 Å². The molecule has 0 radical (unpaired) electrons. The molecule has 3 rings (SSSR count). The van der Waals surface area contributed by atoms with Crippen LogP contribution in [-0.2, 0) is 0 Å². The maximum absolute atomic E-state index is 6.16. The molecule has 23 heavy (non-hydrogen) atoms. The Morgan fingerprint density at radius 1 is 0.870 bits per heavy atom. The van der Waals surface area contributed by atoms with Gasteiger partial charge in [-0.2, -0.15) is 4.99 Å². The fourth-order valence-electron chi connectivity index (χ4n) is 2.48. The first-order valence-corrected chi connectivity index (χ1v) is 7.61. The van der Waals surface area contributed by atoms with Crippen LogP contribution in [0.2, 0.25) is 0 Å². The summed E-state index contributed by atoms with van der Waals surface area (Å²) in [7, 11) is 0. The highest BCUT2D eigenvalue weighted by atomic mass is 35.5. The van der Waals surface area contributed by atoms with Crippen LogP contribution in [-0.4, -0.2) is 29.8 Å². The molecule has 0 saturated carbocycles. The molecule has 2 aromatic carbocycles. The van der Waals surface area contributed by atoms with E-state index in [9.17, 15) is 0 Å². The molecule has 0 spiro atoms. The van der Waals surface area contributed by atoms with Crippen molar-refractivity contribution < 1.29 is 0 Å². The van der Waals surface area contributed by atoms with E-state index in [0.29, 0.717) is 11.8 Å². The van der Waals surface area contributed by atoms with Gasteiger partial charge in [0.1, 0.15) is 5.84 Å². The Labute approximate surface area is 143 Å². The SMILES string of the molecule is Cl.NC(=NC(=Nc1ccccc1)N1CCCC1)c1ccccc1. The third-order valence-corrected chi connectivity index (χ3v) is 3.66. The van der Waals surface area contributed by atoms with Crippen LogP contribution in [0.4, 0.5) is 5.69 Å². The molecule has 0 aromatic heterocycles. The number of nitrogens with two attached hydrogens (primary N) is 1. The van der Waals surface area contributed by atoms with Gasteiger partial charge < -0.3 is 10.6 Å². The lowest BCUT2D eigenvalue weighted by Crippen LogP contribution is -2.29. The van der Waals surface area contributed by atoms with Gasteiger partial charge in [-0.3, -0.25) is 0 Å². The summed E-state index contributed by atoms with van der Waals surface area (Å²) in [6.45, 7) is 1.97. The van der Waals surface area contributed by atoms with Gasteiger partial charge in [-0.25, -0.2) is 4.99 Å². The van der Waals surface area contributed by atoms with Gasteiger partial charge in [-0.15, -0.1) is 12.4 Å². The summed E-state index contributed by atoms with van der Waals surface area (Å²) >= 11 is 0. The van der Waals surface area contributed by atoms with E-state index in [2.05, 4.69) is 14.9 Å². The van der Waals surface area contributed by atoms with E-state index in [-0.39, 0.29) is 12.4 Å². The zero-order valence-electron chi connectivity index (χ0n) is 12.9. The third-order valence-electron chi connectivity index (χ3n) is 3.66. The molecular weight excluding hydrogens is 308 g/mol. The van der Waals surface area contributed by atoms with Crippen molar-refractivity contribution in [2.45, 2.75) is 12.8 Å². The molecule has 2 aromatic rings. The van der Waals surface area contributed by atoms with Crippen molar-refractivity contribution in [2.24, 2.45) is 15.7 Å². The number of para-hydroxylation sites is 1. The predicted molar refractivity (Wildman–Crippen MR) is 98.8 cm³/mol. The second-order valence-corrected chi connectivity index (χ2v) is 5.30. The number of guanidine groups is 1. The lowest BCUT2D eigenvalue weighted by atomic mass is 10.2. The molecule has 4 nitrogen and oxygen atoms in total. The van der Waals surface area contributed by atoms with Crippen molar-refractivity contribution in [2.75, 3.05) is 13.1 Å². The molecular formula is C18H21ClN4. The lowest BCUT2D eigenvalue weighted by molar-refractivity contribution is 0.514. The molecule has 1 saturated heterocycles. The molecule has 2 N–H and O–H groups in total. The first-order valence-electron chi connectivity index (χ1n) is 7.61. The number of benzene rings is 2. The predicted octanol–water partition coefficient (Wildman–Crippen LogP) is 3.60. The Morgan fingerprint density at radius 3 is 2.04 bits per heavy atom. The maximum atomic E-state index is 6.16. The zero-order chi connectivity index (χ0) is 15.2. The molecule has 0 bridgehead atoms. The van der Waals surface area contributed by atoms with E-state index < -0.39 is 0 Å². The Bertz CT molecular complexity index is 662. The van der Waals surface area contributed by atoms with Crippen molar-refractivity contribution in [3.63, 3.8) is 0 Å². The summed E-state index contributed by atoms with van der Waals surface area (Å²) in [4.78, 5) is 11.5. The minimum absolute atomic E-state index is 0. The molecule has 120 valence electrons. The average molecular weight is 329 g/mol. The monoisotopic (exact) mass is 328 g/mol. The van der Waals surface area contributed by atoms with Gasteiger partial charge in [0.25, 0.3) is 0 Å². The Hall–Kier alpha value is -2.33. The Morgan fingerprint density at radius 2 is 1.43 bits per heavy atom. The number of rotatable bonds is 2. The molecule has 1 aliphatic rings. The Balaban J connectivity index is 0.00000192. The highest BCUT2D eigenvalue weighted by Crippen LogP contribution is 2.16. The number of hydrogen-bond acceptors (Lipinski definition) is 1. The van der Waals surface area contributed by atoms with E-state index in [4.69, 9.17) is 5.73 Å². The van der Waals surface area contributed by atoms with Gasteiger partial charge >= 0.3 is 0 Å². The minimum atomic E-state index is 0. The number of nitrogens with zero attached hydrogens (tertiary/aromatic N) is 3. The summed E-state index contributed by atoms with van der Waals surface area (Å²) in [5, 5.41) is 0. The molecule has 1 aliphatic heterocycles. The van der Waals surface area contributed by atoms with Gasteiger partial charge in [0.2, 0.25) is 5.96 Å². The molecule has 0 aliphatic carbocycles. The second-order valence-electron chi connectivity index (χ2n) is 5.30. The molecule has 1 fully saturated rings. The average Bonchev–Trinajstić information content (AvgIpc) is 3.10. The first-order chi connectivity index (χ1) is 10.8. The number of aliphatic imine (C=N–C) groups is 2. The van der Waals surface area contributed by atoms with Crippen molar-refractivity contribution >= 4 is 29.9 Å². The number of likely N-dealkylation sites (tertiary alicyclic amines) is 1.